The minimum absolute atomic E-state index is 0.217. The first-order valence-electron chi connectivity index (χ1n) is 6.16. The third kappa shape index (κ3) is 4.48. The van der Waals surface area contributed by atoms with Gasteiger partial charge in [0.05, 0.1) is 13.2 Å². The van der Waals surface area contributed by atoms with Gasteiger partial charge in [0.2, 0.25) is 0 Å². The van der Waals surface area contributed by atoms with Crippen LogP contribution >= 0.6 is 22.6 Å². The molecule has 102 valence electrons. The number of hydrogen-bond donors (Lipinski definition) is 0. The molecule has 0 radical (unpaired) electrons. The Balaban J connectivity index is 2.60. The number of halogens is 2. The van der Waals surface area contributed by atoms with Crippen LogP contribution in [0.5, 0.6) is 0 Å². The lowest BCUT2D eigenvalue weighted by Gasteiger charge is -2.28. The van der Waals surface area contributed by atoms with Crippen LogP contribution in [-0.2, 0) is 15.1 Å². The smallest absolute Gasteiger partial charge is 0.129 e. The standard InChI is InChI=1S/C14H20FIO2/c1-3-8-17-9-10-18-14(2,11-16)12-6-4-5-7-13(12)15/h4-7H,3,8-11H2,1-2H3. The summed E-state index contributed by atoms with van der Waals surface area (Å²) in [6.07, 6.45) is 0.997. The van der Waals surface area contributed by atoms with E-state index in [4.69, 9.17) is 9.47 Å². The van der Waals surface area contributed by atoms with Gasteiger partial charge in [-0.1, -0.05) is 47.7 Å². The summed E-state index contributed by atoms with van der Waals surface area (Å²) < 4.78 is 25.7. The van der Waals surface area contributed by atoms with Crippen LogP contribution < -0.4 is 0 Å². The highest BCUT2D eigenvalue weighted by atomic mass is 127. The zero-order valence-corrected chi connectivity index (χ0v) is 13.1. The molecule has 0 saturated heterocycles. The van der Waals surface area contributed by atoms with E-state index in [0.717, 1.165) is 13.0 Å². The largest absolute Gasteiger partial charge is 0.379 e. The number of ether oxygens (including phenoxy) is 2. The van der Waals surface area contributed by atoms with Crippen molar-refractivity contribution in [1.29, 1.82) is 0 Å². The third-order valence-corrected chi connectivity index (χ3v) is 4.15. The molecule has 2 nitrogen and oxygen atoms in total. The number of rotatable bonds is 8. The minimum atomic E-state index is -0.596. The molecule has 0 spiro atoms. The maximum absolute atomic E-state index is 13.8. The van der Waals surface area contributed by atoms with E-state index in [0.29, 0.717) is 23.2 Å². The van der Waals surface area contributed by atoms with Gasteiger partial charge in [-0.3, -0.25) is 0 Å². The lowest BCUT2D eigenvalue weighted by molar-refractivity contribution is -0.0464. The lowest BCUT2D eigenvalue weighted by Crippen LogP contribution is -2.30. The van der Waals surface area contributed by atoms with E-state index in [2.05, 4.69) is 29.5 Å². The lowest BCUT2D eigenvalue weighted by atomic mass is 9.97. The van der Waals surface area contributed by atoms with Crippen LogP contribution in [0.25, 0.3) is 0 Å². The van der Waals surface area contributed by atoms with Gasteiger partial charge < -0.3 is 9.47 Å². The van der Waals surface area contributed by atoms with Crippen LogP contribution in [0.3, 0.4) is 0 Å². The Labute approximate surface area is 122 Å². The van der Waals surface area contributed by atoms with Gasteiger partial charge in [-0.2, -0.15) is 0 Å². The van der Waals surface area contributed by atoms with Crippen LogP contribution in [0.4, 0.5) is 4.39 Å². The highest BCUT2D eigenvalue weighted by Crippen LogP contribution is 2.29. The van der Waals surface area contributed by atoms with E-state index in [-0.39, 0.29) is 5.82 Å². The molecule has 0 aliphatic carbocycles. The second-order valence-corrected chi connectivity index (χ2v) is 5.07. The van der Waals surface area contributed by atoms with Gasteiger partial charge in [-0.05, 0) is 19.4 Å². The minimum Gasteiger partial charge on any atom is -0.379 e. The first-order valence-corrected chi connectivity index (χ1v) is 7.69. The van der Waals surface area contributed by atoms with E-state index < -0.39 is 5.60 Å². The summed E-state index contributed by atoms with van der Waals surface area (Å²) in [6, 6.07) is 6.77. The molecular formula is C14H20FIO2. The van der Waals surface area contributed by atoms with E-state index >= 15 is 0 Å². The average molecular weight is 366 g/mol. The van der Waals surface area contributed by atoms with Gasteiger partial charge in [0.25, 0.3) is 0 Å². The molecule has 0 bridgehead atoms. The molecule has 0 aliphatic heterocycles. The normalized spacial score (nSPS) is 14.4. The Morgan fingerprint density at radius 2 is 1.94 bits per heavy atom. The van der Waals surface area contributed by atoms with E-state index in [9.17, 15) is 4.39 Å². The van der Waals surface area contributed by atoms with Crippen LogP contribution in [0.1, 0.15) is 25.8 Å². The summed E-state index contributed by atoms with van der Waals surface area (Å²) in [5, 5.41) is 0. The molecule has 1 aromatic carbocycles. The van der Waals surface area contributed by atoms with Crippen LogP contribution in [0, 0.1) is 5.82 Å². The summed E-state index contributed by atoms with van der Waals surface area (Å²) in [7, 11) is 0. The molecule has 4 heteroatoms. The SMILES string of the molecule is CCCOCCOC(C)(CI)c1ccccc1F. The number of benzene rings is 1. The van der Waals surface area contributed by atoms with Crippen molar-refractivity contribution >= 4 is 22.6 Å². The molecule has 18 heavy (non-hydrogen) atoms. The van der Waals surface area contributed by atoms with Gasteiger partial charge in [-0.15, -0.1) is 0 Å². The Hall–Kier alpha value is -0.200. The molecule has 0 aromatic heterocycles. The van der Waals surface area contributed by atoms with Crippen molar-refractivity contribution in [3.63, 3.8) is 0 Å². The number of hydrogen-bond acceptors (Lipinski definition) is 2. The molecule has 0 saturated carbocycles. The molecule has 0 N–H and O–H groups in total. The second kappa shape index (κ2) is 8.07. The molecule has 0 amide bonds. The first kappa shape index (κ1) is 15.9. The summed E-state index contributed by atoms with van der Waals surface area (Å²) in [5.41, 5.74) is 0.0106. The Morgan fingerprint density at radius 1 is 1.22 bits per heavy atom. The Kier molecular flexibility index (Phi) is 7.11. The molecule has 0 fully saturated rings. The van der Waals surface area contributed by atoms with E-state index in [1.165, 1.54) is 6.07 Å². The number of alkyl halides is 1. The van der Waals surface area contributed by atoms with Crippen molar-refractivity contribution < 1.29 is 13.9 Å². The van der Waals surface area contributed by atoms with Gasteiger partial charge in [-0.25, -0.2) is 4.39 Å². The fourth-order valence-corrected chi connectivity index (χ4v) is 2.28. The molecule has 1 unspecified atom stereocenters. The van der Waals surface area contributed by atoms with Crippen molar-refractivity contribution in [2.45, 2.75) is 25.9 Å². The van der Waals surface area contributed by atoms with E-state index in [1.54, 1.807) is 12.1 Å². The summed E-state index contributed by atoms with van der Waals surface area (Å²) in [6.45, 7) is 5.75. The van der Waals surface area contributed by atoms with Crippen molar-refractivity contribution in [1.82, 2.24) is 0 Å². The van der Waals surface area contributed by atoms with Gasteiger partial charge in [0, 0.05) is 16.6 Å². The molecule has 1 aromatic rings. The first-order chi connectivity index (χ1) is 8.64. The van der Waals surface area contributed by atoms with Crippen LogP contribution in [0.2, 0.25) is 0 Å². The van der Waals surface area contributed by atoms with Crippen molar-refractivity contribution in [2.75, 3.05) is 24.2 Å². The fraction of sp³-hybridized carbons (Fsp3) is 0.571. The Bertz CT molecular complexity index is 359. The zero-order chi connectivity index (χ0) is 13.4. The van der Waals surface area contributed by atoms with Crippen molar-refractivity contribution in [3.05, 3.63) is 35.6 Å². The fourth-order valence-electron chi connectivity index (χ4n) is 1.65. The van der Waals surface area contributed by atoms with Crippen molar-refractivity contribution in [2.24, 2.45) is 0 Å². The van der Waals surface area contributed by atoms with Crippen molar-refractivity contribution in [3.8, 4) is 0 Å². The van der Waals surface area contributed by atoms with Gasteiger partial charge in [0.15, 0.2) is 0 Å². The summed E-state index contributed by atoms with van der Waals surface area (Å²) in [5.74, 6) is -0.217. The monoisotopic (exact) mass is 366 g/mol. The maximum atomic E-state index is 13.8. The van der Waals surface area contributed by atoms with Crippen LogP contribution in [-0.4, -0.2) is 24.2 Å². The van der Waals surface area contributed by atoms with E-state index in [1.807, 2.05) is 13.0 Å². The predicted molar refractivity (Wildman–Crippen MR) is 79.7 cm³/mol. The van der Waals surface area contributed by atoms with Gasteiger partial charge in [0.1, 0.15) is 11.4 Å². The molecule has 1 atom stereocenters. The van der Waals surface area contributed by atoms with Crippen LogP contribution in [0.15, 0.2) is 24.3 Å². The van der Waals surface area contributed by atoms with Gasteiger partial charge >= 0.3 is 0 Å². The maximum Gasteiger partial charge on any atom is 0.129 e. The Morgan fingerprint density at radius 3 is 2.56 bits per heavy atom. The highest BCUT2D eigenvalue weighted by Gasteiger charge is 2.28. The average Bonchev–Trinajstić information content (AvgIpc) is 2.39. The zero-order valence-electron chi connectivity index (χ0n) is 10.9. The molecule has 1 rings (SSSR count). The molecule has 0 heterocycles. The molecular weight excluding hydrogens is 346 g/mol. The quantitative estimate of drug-likeness (QED) is 0.395. The topological polar surface area (TPSA) is 18.5 Å². The third-order valence-electron chi connectivity index (χ3n) is 2.70. The summed E-state index contributed by atoms with van der Waals surface area (Å²) in [4.78, 5) is 0. The predicted octanol–water partition coefficient (Wildman–Crippen LogP) is 3.92. The second-order valence-electron chi connectivity index (χ2n) is 4.31. The highest BCUT2D eigenvalue weighted by molar-refractivity contribution is 14.1. The molecule has 0 aliphatic rings. The summed E-state index contributed by atoms with van der Waals surface area (Å²) >= 11 is 2.22.